The summed E-state index contributed by atoms with van der Waals surface area (Å²) in [5.41, 5.74) is 8.03. The first-order valence-electron chi connectivity index (χ1n) is 6.37. The minimum Gasteiger partial charge on any atom is -0.384 e. The summed E-state index contributed by atoms with van der Waals surface area (Å²) in [5, 5.41) is 4.43. The molecule has 0 spiro atoms. The number of aryl methyl sites for hydroxylation is 2. The highest BCUT2D eigenvalue weighted by Gasteiger charge is 2.05. The molecule has 3 aromatic rings. The van der Waals surface area contributed by atoms with E-state index in [1.54, 1.807) is 17.4 Å². The first-order chi connectivity index (χ1) is 10.1. The molecule has 3 rings (SSSR count). The van der Waals surface area contributed by atoms with Crippen LogP contribution in [-0.2, 0) is 6.42 Å². The Morgan fingerprint density at radius 1 is 1.33 bits per heavy atom. The van der Waals surface area contributed by atoms with Crippen molar-refractivity contribution in [2.75, 3.05) is 11.5 Å². The molecule has 3 heterocycles. The Kier molecular flexibility index (Phi) is 4.28. The number of aromatic nitrogens is 3. The van der Waals surface area contributed by atoms with Crippen LogP contribution >= 0.6 is 34.7 Å². The van der Waals surface area contributed by atoms with Crippen molar-refractivity contribution in [2.45, 2.75) is 18.5 Å². The fourth-order valence-electron chi connectivity index (χ4n) is 1.97. The van der Waals surface area contributed by atoms with E-state index in [-0.39, 0.29) is 0 Å². The van der Waals surface area contributed by atoms with Crippen LogP contribution in [0, 0.1) is 6.92 Å². The van der Waals surface area contributed by atoms with Crippen LogP contribution in [0.15, 0.2) is 28.9 Å². The Hall–Kier alpha value is -1.37. The lowest BCUT2D eigenvalue weighted by Crippen LogP contribution is -1.97. The molecule has 2 N–H and O–H groups in total. The molecule has 0 aliphatic rings. The summed E-state index contributed by atoms with van der Waals surface area (Å²) in [6.07, 6.45) is 2.80. The fraction of sp³-hybridized carbons (Fsp3) is 0.214. The minimum absolute atomic E-state index is 0.374. The lowest BCUT2D eigenvalue weighted by atomic mass is 10.2. The summed E-state index contributed by atoms with van der Waals surface area (Å²) in [5.74, 6) is 1.23. The summed E-state index contributed by atoms with van der Waals surface area (Å²) < 4.78 is 1.23. The van der Waals surface area contributed by atoms with Crippen molar-refractivity contribution < 1.29 is 0 Å². The molecule has 0 unspecified atom stereocenters. The highest BCUT2D eigenvalue weighted by Crippen LogP contribution is 2.26. The van der Waals surface area contributed by atoms with Gasteiger partial charge in [-0.15, -0.1) is 11.3 Å². The normalized spacial score (nSPS) is 11.1. The van der Waals surface area contributed by atoms with Gasteiger partial charge in [-0.2, -0.15) is 0 Å². The van der Waals surface area contributed by atoms with E-state index in [0.29, 0.717) is 16.1 Å². The largest absolute Gasteiger partial charge is 0.384 e. The van der Waals surface area contributed by atoms with Gasteiger partial charge in [0.05, 0.1) is 4.70 Å². The number of fused-ring (bicyclic) bond motifs is 1. The van der Waals surface area contributed by atoms with E-state index in [9.17, 15) is 0 Å². The van der Waals surface area contributed by atoms with Gasteiger partial charge < -0.3 is 5.73 Å². The topological polar surface area (TPSA) is 64.7 Å². The number of rotatable bonds is 4. The maximum atomic E-state index is 5.86. The Morgan fingerprint density at radius 3 is 3.00 bits per heavy atom. The van der Waals surface area contributed by atoms with Crippen LogP contribution in [0.25, 0.3) is 10.1 Å². The van der Waals surface area contributed by atoms with Crippen LogP contribution in [-0.4, -0.2) is 20.7 Å². The van der Waals surface area contributed by atoms with E-state index in [2.05, 4.69) is 33.3 Å². The molecular weight excluding hydrogens is 324 g/mol. The Bertz CT molecular complexity index is 767. The second-order valence-corrected chi connectivity index (χ2v) is 6.95. The third kappa shape index (κ3) is 3.45. The number of hydrogen-bond donors (Lipinski definition) is 1. The Balaban J connectivity index is 1.67. The molecule has 21 heavy (non-hydrogen) atoms. The first kappa shape index (κ1) is 14.6. The molecule has 0 fully saturated rings. The van der Waals surface area contributed by atoms with Gasteiger partial charge in [0.25, 0.3) is 0 Å². The van der Waals surface area contributed by atoms with Gasteiger partial charge in [-0.05, 0) is 35.7 Å². The molecular formula is C14H13ClN4S2. The van der Waals surface area contributed by atoms with Crippen LogP contribution < -0.4 is 5.73 Å². The third-order valence-electron chi connectivity index (χ3n) is 3.00. The smallest absolute Gasteiger partial charge is 0.190 e. The standard InChI is InChI=1S/C14H13ClN4S2/c1-8-7-21-11-6-17-9(4-10(8)11)2-3-20-14-18-12(15)5-13(16)19-14/h4-7H,2-3H2,1H3,(H2,16,18,19). The summed E-state index contributed by atoms with van der Waals surface area (Å²) in [7, 11) is 0. The number of hydrogen-bond acceptors (Lipinski definition) is 6. The van der Waals surface area contributed by atoms with Crippen LogP contribution in [0.3, 0.4) is 0 Å². The predicted molar refractivity (Wildman–Crippen MR) is 90.2 cm³/mol. The van der Waals surface area contributed by atoms with Gasteiger partial charge in [0, 0.05) is 23.7 Å². The van der Waals surface area contributed by atoms with E-state index in [4.69, 9.17) is 17.3 Å². The van der Waals surface area contributed by atoms with Crippen LogP contribution in [0.1, 0.15) is 11.3 Å². The maximum Gasteiger partial charge on any atom is 0.190 e. The third-order valence-corrected chi connectivity index (χ3v) is 5.09. The zero-order chi connectivity index (χ0) is 14.8. The van der Waals surface area contributed by atoms with E-state index in [1.807, 2.05) is 6.20 Å². The van der Waals surface area contributed by atoms with Gasteiger partial charge in [-0.3, -0.25) is 4.98 Å². The monoisotopic (exact) mass is 336 g/mol. The van der Waals surface area contributed by atoms with Gasteiger partial charge in [-0.25, -0.2) is 9.97 Å². The number of halogens is 1. The van der Waals surface area contributed by atoms with E-state index < -0.39 is 0 Å². The van der Waals surface area contributed by atoms with Gasteiger partial charge in [0.2, 0.25) is 0 Å². The minimum atomic E-state index is 0.374. The zero-order valence-corrected chi connectivity index (χ0v) is 13.7. The quantitative estimate of drug-likeness (QED) is 0.443. The number of nitrogen functional groups attached to an aromatic ring is 1. The Labute approximate surface area is 135 Å². The lowest BCUT2D eigenvalue weighted by Gasteiger charge is -2.03. The van der Waals surface area contributed by atoms with E-state index >= 15 is 0 Å². The van der Waals surface area contributed by atoms with Crippen LogP contribution in [0.4, 0.5) is 5.82 Å². The molecule has 0 amide bonds. The molecule has 0 aromatic carbocycles. The first-order valence-corrected chi connectivity index (χ1v) is 8.62. The van der Waals surface area contributed by atoms with Crippen LogP contribution in [0.5, 0.6) is 0 Å². The van der Waals surface area contributed by atoms with Crippen molar-refractivity contribution in [3.63, 3.8) is 0 Å². The van der Waals surface area contributed by atoms with Gasteiger partial charge in [-0.1, -0.05) is 23.4 Å². The highest BCUT2D eigenvalue weighted by molar-refractivity contribution is 7.99. The van der Waals surface area contributed by atoms with Crippen molar-refractivity contribution in [3.8, 4) is 0 Å². The van der Waals surface area contributed by atoms with Crippen molar-refractivity contribution >= 4 is 50.6 Å². The molecule has 0 saturated carbocycles. The number of nitrogens with two attached hydrogens (primary N) is 1. The highest BCUT2D eigenvalue weighted by atomic mass is 35.5. The van der Waals surface area contributed by atoms with Crippen molar-refractivity contribution in [1.29, 1.82) is 0 Å². The molecule has 0 bridgehead atoms. The molecule has 108 valence electrons. The fourth-order valence-corrected chi connectivity index (χ4v) is 3.92. The molecule has 0 atom stereocenters. The number of thiophene rings is 1. The van der Waals surface area contributed by atoms with E-state index in [0.717, 1.165) is 17.9 Å². The summed E-state index contributed by atoms with van der Waals surface area (Å²) in [6, 6.07) is 3.70. The number of nitrogens with zero attached hydrogens (tertiary/aromatic N) is 3. The SMILES string of the molecule is Cc1csc2cnc(CCSc3nc(N)cc(Cl)n3)cc12. The average molecular weight is 337 g/mol. The average Bonchev–Trinajstić information content (AvgIpc) is 2.79. The zero-order valence-electron chi connectivity index (χ0n) is 11.3. The molecule has 7 heteroatoms. The lowest BCUT2D eigenvalue weighted by molar-refractivity contribution is 0.969. The van der Waals surface area contributed by atoms with Crippen molar-refractivity contribution in [3.05, 3.63) is 40.1 Å². The van der Waals surface area contributed by atoms with Crippen LogP contribution in [0.2, 0.25) is 5.15 Å². The summed E-state index contributed by atoms with van der Waals surface area (Å²) >= 11 is 9.12. The van der Waals surface area contributed by atoms with Gasteiger partial charge in [0.15, 0.2) is 5.16 Å². The molecule has 0 radical (unpaired) electrons. The number of thioether (sulfide) groups is 1. The van der Waals surface area contributed by atoms with E-state index in [1.165, 1.54) is 27.4 Å². The molecule has 0 aliphatic carbocycles. The van der Waals surface area contributed by atoms with Crippen molar-refractivity contribution in [2.24, 2.45) is 0 Å². The number of pyridine rings is 1. The van der Waals surface area contributed by atoms with Gasteiger partial charge in [0.1, 0.15) is 11.0 Å². The summed E-state index contributed by atoms with van der Waals surface area (Å²) in [4.78, 5) is 12.8. The second kappa shape index (κ2) is 6.17. The van der Waals surface area contributed by atoms with Crippen molar-refractivity contribution in [1.82, 2.24) is 15.0 Å². The summed E-state index contributed by atoms with van der Waals surface area (Å²) in [6.45, 7) is 2.12. The maximum absolute atomic E-state index is 5.86. The second-order valence-electron chi connectivity index (χ2n) is 4.59. The molecule has 3 aromatic heterocycles. The number of anilines is 1. The molecule has 4 nitrogen and oxygen atoms in total. The predicted octanol–water partition coefficient (Wildman–Crippen LogP) is 3.97. The molecule has 0 aliphatic heterocycles. The molecule has 0 saturated heterocycles. The van der Waals surface area contributed by atoms with Gasteiger partial charge >= 0.3 is 0 Å². The Morgan fingerprint density at radius 2 is 2.19 bits per heavy atom.